The molecule has 11 heavy (non-hydrogen) atoms. The van der Waals surface area contributed by atoms with Gasteiger partial charge in [0.05, 0.1) is 4.62 Å². The van der Waals surface area contributed by atoms with Crippen molar-refractivity contribution in [2.75, 3.05) is 28.2 Å². The highest BCUT2D eigenvalue weighted by atomic mass is 35.5. The zero-order valence-electron chi connectivity index (χ0n) is 8.35. The Balaban J connectivity index is 4.29. The van der Waals surface area contributed by atoms with Gasteiger partial charge in [0, 0.05) is 16.3 Å². The van der Waals surface area contributed by atoms with Crippen molar-refractivity contribution in [3.8, 4) is 0 Å². The summed E-state index contributed by atoms with van der Waals surface area (Å²) in [5, 5.41) is 0. The van der Waals surface area contributed by atoms with Crippen LogP contribution < -0.4 is 0 Å². The van der Waals surface area contributed by atoms with Gasteiger partial charge >= 0.3 is 0 Å². The summed E-state index contributed by atoms with van der Waals surface area (Å²) in [4.78, 5) is 4.24. The maximum Gasteiger partial charge on any atom is 0.0893 e. The molecule has 4 heteroatoms. The lowest BCUT2D eigenvalue weighted by Gasteiger charge is -2.39. The van der Waals surface area contributed by atoms with Gasteiger partial charge in [0.25, 0.3) is 0 Å². The van der Waals surface area contributed by atoms with E-state index < -0.39 is 0 Å². The largest absolute Gasteiger partial charge is 0.304 e. The van der Waals surface area contributed by atoms with E-state index in [1.807, 2.05) is 14.1 Å². The topological polar surface area (TPSA) is 6.48 Å². The Bertz CT molecular complexity index is 126. The SMILES string of the molecule is CC(N(C)C)C([SiH3])(Cl)N(C)C. The molecule has 0 aliphatic heterocycles. The molecule has 2 unspecified atom stereocenters. The fourth-order valence-corrected chi connectivity index (χ4v) is 1.56. The Labute approximate surface area is 77.9 Å². The number of hydrogen-bond acceptors (Lipinski definition) is 2. The number of rotatable bonds is 3. The van der Waals surface area contributed by atoms with Crippen LogP contribution in [0.15, 0.2) is 0 Å². The van der Waals surface area contributed by atoms with Crippen LogP contribution in [0.1, 0.15) is 6.92 Å². The van der Waals surface area contributed by atoms with Crippen LogP contribution in [-0.2, 0) is 0 Å². The molecular weight excluding hydrogens is 176 g/mol. The second-order valence-corrected chi connectivity index (χ2v) is 6.48. The minimum atomic E-state index is -0.149. The summed E-state index contributed by atoms with van der Waals surface area (Å²) in [5.41, 5.74) is 0. The van der Waals surface area contributed by atoms with E-state index in [9.17, 15) is 0 Å². The Morgan fingerprint density at radius 2 is 1.64 bits per heavy atom. The Kier molecular flexibility index (Phi) is 4.04. The van der Waals surface area contributed by atoms with Gasteiger partial charge in [0.2, 0.25) is 0 Å². The molecule has 0 bridgehead atoms. The average molecular weight is 195 g/mol. The number of halogens is 1. The highest BCUT2D eigenvalue weighted by Gasteiger charge is 2.31. The fraction of sp³-hybridized carbons (Fsp3) is 1.00. The molecule has 0 aromatic carbocycles. The van der Waals surface area contributed by atoms with Gasteiger partial charge in [0.1, 0.15) is 0 Å². The maximum atomic E-state index is 6.36. The first-order valence-corrected chi connectivity index (χ1v) is 5.20. The van der Waals surface area contributed by atoms with Crippen molar-refractivity contribution >= 4 is 21.8 Å². The van der Waals surface area contributed by atoms with E-state index in [4.69, 9.17) is 11.6 Å². The summed E-state index contributed by atoms with van der Waals surface area (Å²) in [5.74, 6) is 0. The first-order chi connectivity index (χ1) is 4.80. The van der Waals surface area contributed by atoms with E-state index in [0.717, 1.165) is 10.2 Å². The summed E-state index contributed by atoms with van der Waals surface area (Å²) in [6, 6.07) is 0.394. The van der Waals surface area contributed by atoms with Crippen LogP contribution in [0, 0.1) is 0 Å². The normalized spacial score (nSPS) is 20.7. The summed E-state index contributed by atoms with van der Waals surface area (Å²) in [6.45, 7) is 2.15. The third kappa shape index (κ3) is 2.74. The maximum absolute atomic E-state index is 6.36. The van der Waals surface area contributed by atoms with Gasteiger partial charge in [0.15, 0.2) is 0 Å². The van der Waals surface area contributed by atoms with Crippen LogP contribution in [0.3, 0.4) is 0 Å². The first kappa shape index (κ1) is 11.4. The van der Waals surface area contributed by atoms with Gasteiger partial charge in [-0.3, -0.25) is 4.90 Å². The lowest BCUT2D eigenvalue weighted by molar-refractivity contribution is 0.189. The molecule has 0 heterocycles. The molecule has 0 aliphatic carbocycles. The van der Waals surface area contributed by atoms with Crippen LogP contribution in [0.4, 0.5) is 0 Å². The van der Waals surface area contributed by atoms with Crippen molar-refractivity contribution in [2.24, 2.45) is 0 Å². The van der Waals surface area contributed by atoms with Crippen molar-refractivity contribution in [3.63, 3.8) is 0 Å². The van der Waals surface area contributed by atoms with Crippen LogP contribution in [0.25, 0.3) is 0 Å². The monoisotopic (exact) mass is 194 g/mol. The van der Waals surface area contributed by atoms with Gasteiger partial charge in [-0.2, -0.15) is 0 Å². The lowest BCUT2D eigenvalue weighted by atomic mass is 10.3. The van der Waals surface area contributed by atoms with Gasteiger partial charge in [-0.05, 0) is 35.1 Å². The van der Waals surface area contributed by atoms with Crippen molar-refractivity contribution in [2.45, 2.75) is 17.6 Å². The molecule has 0 amide bonds. The summed E-state index contributed by atoms with van der Waals surface area (Å²) >= 11 is 6.36. The minimum absolute atomic E-state index is 0.149. The van der Waals surface area contributed by atoms with Gasteiger partial charge in [-0.25, -0.2) is 0 Å². The number of nitrogens with zero attached hydrogens (tertiary/aromatic N) is 2. The van der Waals surface area contributed by atoms with E-state index in [-0.39, 0.29) is 4.62 Å². The zero-order chi connectivity index (χ0) is 9.23. The van der Waals surface area contributed by atoms with E-state index in [0.29, 0.717) is 6.04 Å². The molecule has 0 fully saturated rings. The average Bonchev–Trinajstić information content (AvgIpc) is 1.85. The molecule has 0 N–H and O–H groups in total. The predicted molar refractivity (Wildman–Crippen MR) is 55.4 cm³/mol. The van der Waals surface area contributed by atoms with Crippen LogP contribution in [0.2, 0.25) is 0 Å². The lowest BCUT2D eigenvalue weighted by Crippen LogP contribution is -2.53. The number of likely N-dealkylation sites (N-methyl/N-ethyl adjacent to an activating group) is 2. The zero-order valence-corrected chi connectivity index (χ0v) is 11.1. The third-order valence-electron chi connectivity index (χ3n) is 2.41. The Morgan fingerprint density at radius 3 is 1.73 bits per heavy atom. The molecule has 0 aromatic heterocycles. The predicted octanol–water partition coefficient (Wildman–Crippen LogP) is -0.244. The van der Waals surface area contributed by atoms with Crippen molar-refractivity contribution in [3.05, 3.63) is 0 Å². The highest BCUT2D eigenvalue weighted by molar-refractivity contribution is 6.44. The number of alkyl halides is 1. The molecular formula is C7H19ClN2Si. The second-order valence-electron chi connectivity index (χ2n) is 3.56. The highest BCUT2D eigenvalue weighted by Crippen LogP contribution is 2.20. The van der Waals surface area contributed by atoms with Crippen molar-refractivity contribution in [1.29, 1.82) is 0 Å². The smallest absolute Gasteiger partial charge is 0.0893 e. The van der Waals surface area contributed by atoms with E-state index in [1.165, 1.54) is 0 Å². The molecule has 2 atom stereocenters. The van der Waals surface area contributed by atoms with Crippen molar-refractivity contribution < 1.29 is 0 Å². The Morgan fingerprint density at radius 1 is 1.27 bits per heavy atom. The molecule has 0 saturated heterocycles. The fourth-order valence-electron chi connectivity index (χ4n) is 0.845. The van der Waals surface area contributed by atoms with Crippen LogP contribution in [-0.4, -0.2) is 58.9 Å². The van der Waals surface area contributed by atoms with Crippen molar-refractivity contribution in [1.82, 2.24) is 9.80 Å². The number of hydrogen-bond donors (Lipinski definition) is 0. The molecule has 0 rings (SSSR count). The molecule has 68 valence electrons. The third-order valence-corrected chi connectivity index (χ3v) is 4.80. The van der Waals surface area contributed by atoms with Crippen LogP contribution >= 0.6 is 11.6 Å². The van der Waals surface area contributed by atoms with E-state index >= 15 is 0 Å². The van der Waals surface area contributed by atoms with Gasteiger partial charge in [-0.15, -0.1) is 11.6 Å². The van der Waals surface area contributed by atoms with Crippen LogP contribution in [0.5, 0.6) is 0 Å². The first-order valence-electron chi connectivity index (χ1n) is 3.83. The summed E-state index contributed by atoms with van der Waals surface area (Å²) < 4.78 is -0.149. The standard InChI is InChI=1S/C7H19ClN2Si/c1-6(9(2)3)7(8,11)10(4)5/h6H,1-5,11H3. The van der Waals surface area contributed by atoms with Gasteiger partial charge in [-0.1, -0.05) is 0 Å². The van der Waals surface area contributed by atoms with E-state index in [1.54, 1.807) is 0 Å². The van der Waals surface area contributed by atoms with Gasteiger partial charge < -0.3 is 4.90 Å². The summed E-state index contributed by atoms with van der Waals surface area (Å²) in [7, 11) is 9.14. The molecule has 0 aliphatic rings. The Hall–Kier alpha value is 0.427. The second kappa shape index (κ2) is 3.89. The molecule has 2 nitrogen and oxygen atoms in total. The summed E-state index contributed by atoms with van der Waals surface area (Å²) in [6.07, 6.45) is 0. The molecule has 0 spiro atoms. The molecule has 0 saturated carbocycles. The van der Waals surface area contributed by atoms with E-state index in [2.05, 4.69) is 30.8 Å². The quantitative estimate of drug-likeness (QED) is 0.348. The molecule has 0 radical (unpaired) electrons. The molecule has 0 aromatic rings. The minimum Gasteiger partial charge on any atom is -0.304 e.